The molecule has 1 heterocycles. The topological polar surface area (TPSA) is 17.1 Å². The Morgan fingerprint density at radius 1 is 1.62 bits per heavy atom. The van der Waals surface area contributed by atoms with Crippen molar-refractivity contribution in [2.45, 2.75) is 0 Å². The van der Waals surface area contributed by atoms with Gasteiger partial charge in [-0.25, -0.2) is 0 Å². The minimum absolute atomic E-state index is 0.336. The van der Waals surface area contributed by atoms with Crippen LogP contribution in [0.4, 0.5) is 0 Å². The molecule has 0 aliphatic rings. The van der Waals surface area contributed by atoms with Crippen LogP contribution in [-0.2, 0) is 0 Å². The van der Waals surface area contributed by atoms with Crippen molar-refractivity contribution >= 4 is 43.4 Å². The van der Waals surface area contributed by atoms with Crippen LogP contribution in [-0.4, -0.2) is 20.8 Å². The molecule has 8 heavy (non-hydrogen) atoms. The van der Waals surface area contributed by atoms with Gasteiger partial charge in [0.05, 0.1) is 0 Å². The van der Waals surface area contributed by atoms with E-state index in [4.69, 9.17) is 0 Å². The van der Waals surface area contributed by atoms with Gasteiger partial charge in [-0.3, -0.25) is 0 Å². The van der Waals surface area contributed by atoms with E-state index in [0.29, 0.717) is 14.5 Å². The van der Waals surface area contributed by atoms with Gasteiger partial charge in [-0.1, -0.05) is 0 Å². The van der Waals surface area contributed by atoms with E-state index in [1.54, 1.807) is 0 Å². The summed E-state index contributed by atoms with van der Waals surface area (Å²) in [5, 5.41) is 0. The Balaban J connectivity index is 3.00. The molecule has 0 bridgehead atoms. The molecule has 0 aliphatic carbocycles. The zero-order valence-corrected chi connectivity index (χ0v) is 7.80. The maximum atomic E-state index is 10.1. The molecule has 0 unspecified atom stereocenters. The summed E-state index contributed by atoms with van der Waals surface area (Å²) in [6, 6.07) is 3.87. The van der Waals surface area contributed by atoms with Gasteiger partial charge in [0.15, 0.2) is 0 Å². The minimum atomic E-state index is 0.336. The number of hydrogen-bond donors (Lipinski definition) is 0. The third-order valence-electron chi connectivity index (χ3n) is 0.710. The second kappa shape index (κ2) is 2.80. The van der Waals surface area contributed by atoms with Crippen molar-refractivity contribution in [2.75, 3.05) is 0 Å². The van der Waals surface area contributed by atoms with Gasteiger partial charge in [0, 0.05) is 0 Å². The van der Waals surface area contributed by atoms with E-state index in [1.807, 2.05) is 12.1 Å². The van der Waals surface area contributed by atoms with Gasteiger partial charge in [-0.05, 0) is 0 Å². The Kier molecular flexibility index (Phi) is 2.28. The Labute approximate surface area is 67.0 Å². The molecular formula is C5H3IOSe. The van der Waals surface area contributed by atoms with Crippen LogP contribution < -0.4 is 0 Å². The predicted octanol–water partition coefficient (Wildman–Crippen LogP) is 1.16. The second-order valence-corrected chi connectivity index (χ2v) is 6.41. The van der Waals surface area contributed by atoms with Crippen LogP contribution in [0.25, 0.3) is 0 Å². The molecule has 0 spiro atoms. The molecule has 0 radical (unpaired) electrons. The summed E-state index contributed by atoms with van der Waals surface area (Å²) in [6.45, 7) is 0. The zero-order chi connectivity index (χ0) is 5.98. The normalized spacial score (nSPS) is 9.12. The molecule has 0 fully saturated rings. The van der Waals surface area contributed by atoms with Gasteiger partial charge in [-0.2, -0.15) is 0 Å². The maximum absolute atomic E-state index is 10.1. The molecule has 0 amide bonds. The van der Waals surface area contributed by atoms with Gasteiger partial charge < -0.3 is 0 Å². The number of hydrogen-bond acceptors (Lipinski definition) is 1. The summed E-state index contributed by atoms with van der Waals surface area (Å²) in [5.74, 6) is 0. The van der Waals surface area contributed by atoms with Gasteiger partial charge in [-0.15, -0.1) is 0 Å². The van der Waals surface area contributed by atoms with E-state index in [2.05, 4.69) is 22.6 Å². The molecule has 0 aliphatic heterocycles. The zero-order valence-electron chi connectivity index (χ0n) is 3.93. The summed E-state index contributed by atoms with van der Waals surface area (Å²) >= 11 is 2.58. The Morgan fingerprint density at radius 3 is 2.62 bits per heavy atom. The van der Waals surface area contributed by atoms with Crippen LogP contribution in [0.15, 0.2) is 12.1 Å². The predicted molar refractivity (Wildman–Crippen MR) is 41.5 cm³/mol. The van der Waals surface area contributed by atoms with Crippen molar-refractivity contribution in [1.82, 2.24) is 0 Å². The molecule has 1 nitrogen and oxygen atoms in total. The molecule has 0 saturated carbocycles. The van der Waals surface area contributed by atoms with E-state index in [-0.39, 0.29) is 0 Å². The Morgan fingerprint density at radius 2 is 2.38 bits per heavy atom. The number of rotatable bonds is 1. The van der Waals surface area contributed by atoms with Crippen LogP contribution in [0.3, 0.4) is 0 Å². The fourth-order valence-electron chi connectivity index (χ4n) is 0.392. The molecule has 42 valence electrons. The molecule has 0 saturated heterocycles. The van der Waals surface area contributed by atoms with Crippen LogP contribution in [0.2, 0.25) is 0 Å². The fraction of sp³-hybridized carbons (Fsp3) is 0. The van der Waals surface area contributed by atoms with Crippen molar-refractivity contribution in [3.63, 3.8) is 0 Å². The Hall–Kier alpha value is 0.399. The molecule has 0 aromatic carbocycles. The molecule has 1 rings (SSSR count). The van der Waals surface area contributed by atoms with Gasteiger partial charge in [0.25, 0.3) is 0 Å². The van der Waals surface area contributed by atoms with E-state index >= 15 is 0 Å². The number of carbonyl (C=O) groups excluding carboxylic acids is 1. The van der Waals surface area contributed by atoms with Crippen LogP contribution in [0.5, 0.6) is 0 Å². The third-order valence-corrected chi connectivity index (χ3v) is 3.89. The summed E-state index contributed by atoms with van der Waals surface area (Å²) in [4.78, 5) is 10.1. The molecule has 1 aromatic heterocycles. The molecule has 0 N–H and O–H groups in total. The SMILES string of the molecule is O=Cc1ccc(I)[se]1. The van der Waals surface area contributed by atoms with Crippen LogP contribution >= 0.6 is 22.6 Å². The van der Waals surface area contributed by atoms with Crippen molar-refractivity contribution in [1.29, 1.82) is 0 Å². The first-order valence-corrected chi connectivity index (χ1v) is 4.82. The van der Waals surface area contributed by atoms with Crippen LogP contribution in [0, 0.1) is 2.44 Å². The van der Waals surface area contributed by atoms with Crippen LogP contribution in [0.1, 0.15) is 9.23 Å². The van der Waals surface area contributed by atoms with Crippen molar-refractivity contribution in [3.05, 3.63) is 19.0 Å². The second-order valence-electron chi connectivity index (χ2n) is 1.26. The van der Waals surface area contributed by atoms with E-state index in [9.17, 15) is 4.79 Å². The molecular weight excluding hydrogens is 282 g/mol. The van der Waals surface area contributed by atoms with E-state index in [1.165, 1.54) is 2.44 Å². The summed E-state index contributed by atoms with van der Waals surface area (Å²) in [7, 11) is 0. The van der Waals surface area contributed by atoms with Gasteiger partial charge in [0.2, 0.25) is 0 Å². The number of halogens is 1. The number of aldehydes is 1. The van der Waals surface area contributed by atoms with Crippen molar-refractivity contribution in [2.24, 2.45) is 0 Å². The molecule has 1 aromatic rings. The average molecular weight is 285 g/mol. The molecule has 0 atom stereocenters. The van der Waals surface area contributed by atoms with E-state index < -0.39 is 0 Å². The summed E-state index contributed by atoms with van der Waals surface area (Å²) in [5.41, 5.74) is 0. The van der Waals surface area contributed by atoms with Crippen molar-refractivity contribution in [3.8, 4) is 0 Å². The monoisotopic (exact) mass is 286 g/mol. The fourth-order valence-corrected chi connectivity index (χ4v) is 3.04. The molecule has 3 heteroatoms. The first-order valence-electron chi connectivity index (χ1n) is 2.03. The van der Waals surface area contributed by atoms with Gasteiger partial charge >= 0.3 is 67.2 Å². The first kappa shape index (κ1) is 6.52. The van der Waals surface area contributed by atoms with E-state index in [0.717, 1.165) is 10.7 Å². The number of carbonyl (C=O) groups is 1. The third kappa shape index (κ3) is 1.44. The standard InChI is InChI=1S/C5H3IOSe/c6-5-2-1-4(3-7)8-5/h1-3H. The summed E-state index contributed by atoms with van der Waals surface area (Å²) < 4.78 is 2.25. The quantitative estimate of drug-likeness (QED) is 0.430. The first-order chi connectivity index (χ1) is 3.83. The summed E-state index contributed by atoms with van der Waals surface area (Å²) in [6.07, 6.45) is 0.933. The Bertz CT molecular complexity index is 194. The average Bonchev–Trinajstić information content (AvgIpc) is 2.14. The van der Waals surface area contributed by atoms with Crippen molar-refractivity contribution < 1.29 is 4.79 Å². The van der Waals surface area contributed by atoms with Gasteiger partial charge in [0.1, 0.15) is 0 Å².